The Kier molecular flexibility index (Phi) is 5.06. The van der Waals surface area contributed by atoms with Crippen molar-refractivity contribution in [3.63, 3.8) is 0 Å². The van der Waals surface area contributed by atoms with Crippen LogP contribution in [0.15, 0.2) is 72.8 Å². The number of ether oxygens (including phenoxy) is 2. The van der Waals surface area contributed by atoms with Crippen LogP contribution in [0.25, 0.3) is 11.1 Å². The molecule has 0 saturated heterocycles. The van der Waals surface area contributed by atoms with Crippen LogP contribution in [-0.4, -0.2) is 18.5 Å². The van der Waals surface area contributed by atoms with Gasteiger partial charge in [0.1, 0.15) is 11.5 Å². The maximum atomic E-state index is 12.2. The molecule has 140 valence electrons. The highest BCUT2D eigenvalue weighted by atomic mass is 16.6. The first kappa shape index (κ1) is 17.8. The number of hydrogen-bond acceptors (Lipinski definition) is 4. The topological polar surface area (TPSA) is 64.6 Å². The van der Waals surface area contributed by atoms with Crippen LogP contribution in [0.2, 0.25) is 0 Å². The summed E-state index contributed by atoms with van der Waals surface area (Å²) in [7, 11) is 0. The molecule has 0 aromatic heterocycles. The molecule has 3 aromatic carbocycles. The number of anilines is 1. The number of esters is 1. The van der Waals surface area contributed by atoms with Crippen molar-refractivity contribution in [2.45, 2.75) is 12.8 Å². The summed E-state index contributed by atoms with van der Waals surface area (Å²) in [5.41, 5.74) is 3.66. The van der Waals surface area contributed by atoms with Gasteiger partial charge in [0, 0.05) is 17.7 Å². The van der Waals surface area contributed by atoms with E-state index in [4.69, 9.17) is 9.47 Å². The lowest BCUT2D eigenvalue weighted by atomic mass is 10.0. The van der Waals surface area contributed by atoms with Crippen LogP contribution in [0.5, 0.6) is 11.5 Å². The van der Waals surface area contributed by atoms with Crippen molar-refractivity contribution >= 4 is 17.6 Å². The number of carbonyl (C=O) groups excluding carboxylic acids is 2. The Morgan fingerprint density at radius 1 is 0.929 bits per heavy atom. The summed E-state index contributed by atoms with van der Waals surface area (Å²) in [6, 6.07) is 22.6. The highest BCUT2D eigenvalue weighted by molar-refractivity contribution is 5.94. The Hall–Kier alpha value is -3.60. The number of amides is 1. The predicted molar refractivity (Wildman–Crippen MR) is 106 cm³/mol. The Bertz CT molecular complexity index is 1010. The number of fused-ring (bicyclic) bond motifs is 1. The molecule has 0 radical (unpaired) electrons. The standard InChI is InChI=1S/C23H19NO4/c25-22-13-10-17-14-18(11-12-20(17)24-22)28-23(26)15-27-21-9-5-4-8-19(21)16-6-2-1-3-7-16/h1-9,11-12,14H,10,13,15H2,(H,24,25). The van der Waals surface area contributed by atoms with Gasteiger partial charge in [-0.3, -0.25) is 4.79 Å². The third-order valence-electron chi connectivity index (χ3n) is 4.52. The number of benzene rings is 3. The largest absolute Gasteiger partial charge is 0.481 e. The second-order valence-electron chi connectivity index (χ2n) is 6.49. The van der Waals surface area contributed by atoms with Crippen LogP contribution in [0, 0.1) is 0 Å². The van der Waals surface area contributed by atoms with Gasteiger partial charge in [0.15, 0.2) is 6.61 Å². The molecule has 0 fully saturated rings. The van der Waals surface area contributed by atoms with Crippen LogP contribution in [0.3, 0.4) is 0 Å². The summed E-state index contributed by atoms with van der Waals surface area (Å²) in [6.07, 6.45) is 1.07. The molecular weight excluding hydrogens is 354 g/mol. The highest BCUT2D eigenvalue weighted by Crippen LogP contribution is 2.30. The molecule has 4 rings (SSSR count). The maximum absolute atomic E-state index is 12.2. The van der Waals surface area contributed by atoms with Crippen molar-refractivity contribution in [1.82, 2.24) is 0 Å². The molecule has 1 heterocycles. The summed E-state index contributed by atoms with van der Waals surface area (Å²) in [5, 5.41) is 2.80. The molecule has 1 aliphatic heterocycles. The molecule has 1 aliphatic rings. The van der Waals surface area contributed by atoms with Crippen molar-refractivity contribution in [2.24, 2.45) is 0 Å². The third kappa shape index (κ3) is 4.04. The van der Waals surface area contributed by atoms with Crippen molar-refractivity contribution in [2.75, 3.05) is 11.9 Å². The lowest BCUT2D eigenvalue weighted by molar-refractivity contribution is -0.136. The molecule has 0 unspecified atom stereocenters. The molecule has 1 N–H and O–H groups in total. The quantitative estimate of drug-likeness (QED) is 0.537. The lowest BCUT2D eigenvalue weighted by Crippen LogP contribution is -2.20. The molecule has 0 atom stereocenters. The van der Waals surface area contributed by atoms with Crippen molar-refractivity contribution in [3.8, 4) is 22.6 Å². The van der Waals surface area contributed by atoms with E-state index in [1.165, 1.54) is 0 Å². The van der Waals surface area contributed by atoms with E-state index in [1.807, 2.05) is 54.6 Å². The van der Waals surface area contributed by atoms with E-state index in [2.05, 4.69) is 5.32 Å². The Morgan fingerprint density at radius 3 is 2.57 bits per heavy atom. The van der Waals surface area contributed by atoms with E-state index in [0.717, 1.165) is 22.4 Å². The minimum absolute atomic E-state index is 0.00252. The van der Waals surface area contributed by atoms with Crippen LogP contribution < -0.4 is 14.8 Å². The highest BCUT2D eigenvalue weighted by Gasteiger charge is 2.16. The van der Waals surface area contributed by atoms with E-state index in [1.54, 1.807) is 18.2 Å². The zero-order chi connectivity index (χ0) is 19.3. The van der Waals surface area contributed by atoms with Gasteiger partial charge in [-0.2, -0.15) is 0 Å². The molecule has 5 heteroatoms. The second kappa shape index (κ2) is 7.96. The van der Waals surface area contributed by atoms with Crippen LogP contribution in [0.1, 0.15) is 12.0 Å². The SMILES string of the molecule is O=C1CCc2cc(OC(=O)COc3ccccc3-c3ccccc3)ccc2N1. The Balaban J connectivity index is 1.41. The minimum atomic E-state index is -0.484. The van der Waals surface area contributed by atoms with E-state index in [0.29, 0.717) is 24.3 Å². The average Bonchev–Trinajstić information content (AvgIpc) is 2.73. The summed E-state index contributed by atoms with van der Waals surface area (Å²) >= 11 is 0. The molecule has 5 nitrogen and oxygen atoms in total. The molecule has 3 aromatic rings. The van der Waals surface area contributed by atoms with E-state index in [9.17, 15) is 9.59 Å². The third-order valence-corrected chi connectivity index (χ3v) is 4.52. The van der Waals surface area contributed by atoms with Gasteiger partial charge in [-0.05, 0) is 41.8 Å². The van der Waals surface area contributed by atoms with Crippen LogP contribution >= 0.6 is 0 Å². The van der Waals surface area contributed by atoms with E-state index >= 15 is 0 Å². The number of rotatable bonds is 5. The van der Waals surface area contributed by atoms with E-state index in [-0.39, 0.29) is 12.5 Å². The fraction of sp³-hybridized carbons (Fsp3) is 0.130. The number of nitrogens with one attached hydrogen (secondary N) is 1. The first-order chi connectivity index (χ1) is 13.7. The summed E-state index contributed by atoms with van der Waals surface area (Å²) in [6.45, 7) is -0.197. The van der Waals surface area contributed by atoms with E-state index < -0.39 is 5.97 Å². The van der Waals surface area contributed by atoms with Gasteiger partial charge in [-0.1, -0.05) is 48.5 Å². The number of aryl methyl sites for hydroxylation is 1. The molecule has 0 saturated carbocycles. The Morgan fingerprint density at radius 2 is 1.71 bits per heavy atom. The van der Waals surface area contributed by atoms with Gasteiger partial charge < -0.3 is 14.8 Å². The zero-order valence-corrected chi connectivity index (χ0v) is 15.2. The first-order valence-electron chi connectivity index (χ1n) is 9.10. The molecule has 28 heavy (non-hydrogen) atoms. The summed E-state index contributed by atoms with van der Waals surface area (Å²) in [4.78, 5) is 23.7. The molecule has 0 aliphatic carbocycles. The van der Waals surface area contributed by atoms with Crippen LogP contribution in [0.4, 0.5) is 5.69 Å². The molecule has 1 amide bonds. The second-order valence-corrected chi connectivity index (χ2v) is 6.49. The molecular formula is C23H19NO4. The van der Waals surface area contributed by atoms with Crippen molar-refractivity contribution < 1.29 is 19.1 Å². The van der Waals surface area contributed by atoms with Gasteiger partial charge in [0.2, 0.25) is 5.91 Å². The van der Waals surface area contributed by atoms with Gasteiger partial charge in [-0.15, -0.1) is 0 Å². The fourth-order valence-electron chi connectivity index (χ4n) is 3.17. The van der Waals surface area contributed by atoms with Crippen molar-refractivity contribution in [3.05, 3.63) is 78.4 Å². The summed E-state index contributed by atoms with van der Waals surface area (Å²) < 4.78 is 11.1. The maximum Gasteiger partial charge on any atom is 0.349 e. The van der Waals surface area contributed by atoms with Gasteiger partial charge in [0.05, 0.1) is 0 Å². The smallest absolute Gasteiger partial charge is 0.349 e. The fourth-order valence-corrected chi connectivity index (χ4v) is 3.17. The lowest BCUT2D eigenvalue weighted by Gasteiger charge is -2.17. The number of hydrogen-bond donors (Lipinski definition) is 1. The number of para-hydroxylation sites is 1. The molecule has 0 bridgehead atoms. The predicted octanol–water partition coefficient (Wildman–Crippen LogP) is 4.22. The molecule has 0 spiro atoms. The Labute approximate surface area is 162 Å². The first-order valence-corrected chi connectivity index (χ1v) is 9.10. The zero-order valence-electron chi connectivity index (χ0n) is 15.2. The monoisotopic (exact) mass is 373 g/mol. The number of carbonyl (C=O) groups is 2. The minimum Gasteiger partial charge on any atom is -0.481 e. The van der Waals surface area contributed by atoms with Crippen molar-refractivity contribution in [1.29, 1.82) is 0 Å². The average molecular weight is 373 g/mol. The van der Waals surface area contributed by atoms with Gasteiger partial charge in [0.25, 0.3) is 0 Å². The summed E-state index contributed by atoms with van der Waals surface area (Å²) in [5.74, 6) is 0.587. The van der Waals surface area contributed by atoms with Gasteiger partial charge in [-0.25, -0.2) is 4.79 Å². The van der Waals surface area contributed by atoms with Gasteiger partial charge >= 0.3 is 5.97 Å². The normalized spacial score (nSPS) is 12.6. The van der Waals surface area contributed by atoms with Crippen LogP contribution in [-0.2, 0) is 16.0 Å².